The molecule has 5 nitrogen and oxygen atoms in total. The maximum atomic E-state index is 14.5. The quantitative estimate of drug-likeness (QED) is 0.717. The maximum absolute atomic E-state index is 14.5. The van der Waals surface area contributed by atoms with Crippen molar-refractivity contribution in [1.82, 2.24) is 10.2 Å². The van der Waals surface area contributed by atoms with Crippen LogP contribution in [0.2, 0.25) is 0 Å². The molecule has 0 saturated carbocycles. The smallest absolute Gasteiger partial charge is 0.255 e. The first kappa shape index (κ1) is 20.7. The van der Waals surface area contributed by atoms with Crippen LogP contribution in [0.4, 0.5) is 14.5 Å². The van der Waals surface area contributed by atoms with Gasteiger partial charge in [-0.3, -0.25) is 4.79 Å². The summed E-state index contributed by atoms with van der Waals surface area (Å²) < 4.78 is 33.2. The minimum atomic E-state index is -0.861. The lowest BCUT2D eigenvalue weighted by atomic mass is 9.93. The van der Waals surface area contributed by atoms with Gasteiger partial charge in [0.1, 0.15) is 17.4 Å². The molecule has 1 atom stereocenters. The van der Waals surface area contributed by atoms with E-state index in [-0.39, 0.29) is 11.1 Å². The summed E-state index contributed by atoms with van der Waals surface area (Å²) in [7, 11) is 1.51. The normalized spacial score (nSPS) is 16.5. The van der Waals surface area contributed by atoms with Crippen LogP contribution in [0, 0.1) is 11.6 Å². The van der Waals surface area contributed by atoms with E-state index in [1.165, 1.54) is 13.2 Å². The average molecular weight is 417 g/mol. The van der Waals surface area contributed by atoms with Crippen LogP contribution in [0.25, 0.3) is 0 Å². The van der Waals surface area contributed by atoms with Gasteiger partial charge in [-0.15, -0.1) is 0 Å². The van der Waals surface area contributed by atoms with Crippen molar-refractivity contribution in [2.24, 2.45) is 0 Å². The Kier molecular flexibility index (Phi) is 6.12. The molecule has 0 saturated heterocycles. The summed E-state index contributed by atoms with van der Waals surface area (Å²) >= 11 is 5.39. The number of anilines is 1. The average Bonchev–Trinajstić information content (AvgIpc) is 2.68. The number of methoxy groups -OCH3 is 1. The van der Waals surface area contributed by atoms with Crippen LogP contribution in [0.3, 0.4) is 0 Å². The molecule has 0 radical (unpaired) electrons. The third-order valence-electron chi connectivity index (χ3n) is 4.79. The molecule has 8 heteroatoms. The number of ether oxygens (including phenoxy) is 1. The number of rotatable bonds is 5. The van der Waals surface area contributed by atoms with Gasteiger partial charge in [0, 0.05) is 23.9 Å². The Morgan fingerprint density at radius 1 is 1.28 bits per heavy atom. The van der Waals surface area contributed by atoms with Crippen molar-refractivity contribution < 1.29 is 18.3 Å². The Bertz CT molecular complexity index is 994. The fraction of sp³-hybridized carbons (Fsp3) is 0.238. The van der Waals surface area contributed by atoms with Crippen molar-refractivity contribution in [2.45, 2.75) is 19.9 Å². The number of hydrogen-bond acceptors (Lipinski definition) is 3. The monoisotopic (exact) mass is 417 g/mol. The van der Waals surface area contributed by atoms with E-state index in [0.29, 0.717) is 28.8 Å². The summed E-state index contributed by atoms with van der Waals surface area (Å²) in [5, 5.41) is 6.21. The van der Waals surface area contributed by atoms with Gasteiger partial charge < -0.3 is 20.3 Å². The highest BCUT2D eigenvalue weighted by Crippen LogP contribution is 2.34. The fourth-order valence-electron chi connectivity index (χ4n) is 3.36. The summed E-state index contributed by atoms with van der Waals surface area (Å²) in [6, 6.07) is 9.38. The standard InChI is InChI=1S/C21H21F2N3O2S/c1-4-26-12(2)18(20(27)24-16-7-5-6-8-17(16)28-3)19(25-21(26)29)14-10-9-13(22)11-15(14)23/h5-11,19H,4H2,1-3H3,(H,24,27)(H,25,29)/t19-/m1/s1. The molecule has 2 N–H and O–H groups in total. The molecule has 0 spiro atoms. The number of nitrogens with one attached hydrogen (secondary N) is 2. The van der Waals surface area contributed by atoms with E-state index < -0.39 is 23.6 Å². The van der Waals surface area contributed by atoms with E-state index >= 15 is 0 Å². The molecule has 2 aromatic rings. The zero-order chi connectivity index (χ0) is 21.1. The molecule has 0 bridgehead atoms. The molecule has 1 heterocycles. The molecule has 2 aromatic carbocycles. The number of amides is 1. The van der Waals surface area contributed by atoms with Gasteiger partial charge in [0.25, 0.3) is 5.91 Å². The van der Waals surface area contributed by atoms with Crippen molar-refractivity contribution >= 4 is 28.9 Å². The van der Waals surface area contributed by atoms with Crippen LogP contribution in [0.1, 0.15) is 25.5 Å². The van der Waals surface area contributed by atoms with Crippen molar-refractivity contribution in [3.63, 3.8) is 0 Å². The minimum absolute atomic E-state index is 0.133. The van der Waals surface area contributed by atoms with Crippen LogP contribution >= 0.6 is 12.2 Å². The number of carbonyl (C=O) groups excluding carboxylic acids is 1. The summed E-state index contributed by atoms with van der Waals surface area (Å²) in [5.74, 6) is -1.39. The summed E-state index contributed by atoms with van der Waals surface area (Å²) in [4.78, 5) is 15.0. The second-order valence-corrected chi connectivity index (χ2v) is 6.83. The number of halogens is 2. The molecule has 1 aliphatic rings. The van der Waals surface area contributed by atoms with E-state index in [2.05, 4.69) is 10.6 Å². The van der Waals surface area contributed by atoms with Gasteiger partial charge in [-0.1, -0.05) is 18.2 Å². The van der Waals surface area contributed by atoms with Crippen molar-refractivity contribution in [3.05, 3.63) is 70.9 Å². The van der Waals surface area contributed by atoms with E-state index in [9.17, 15) is 13.6 Å². The summed E-state index contributed by atoms with van der Waals surface area (Å²) in [6.45, 7) is 4.18. The molecule has 3 rings (SSSR count). The predicted octanol–water partition coefficient (Wildman–Crippen LogP) is 4.14. The molecular formula is C21H21F2N3O2S. The van der Waals surface area contributed by atoms with Gasteiger partial charge >= 0.3 is 0 Å². The highest BCUT2D eigenvalue weighted by atomic mass is 32.1. The highest BCUT2D eigenvalue weighted by molar-refractivity contribution is 7.80. The number of carbonyl (C=O) groups is 1. The number of para-hydroxylation sites is 2. The van der Waals surface area contributed by atoms with Gasteiger partial charge in [0.15, 0.2) is 5.11 Å². The molecule has 0 unspecified atom stereocenters. The fourth-order valence-corrected chi connectivity index (χ4v) is 3.75. The number of thiocarbonyl (C=S) groups is 1. The first-order valence-electron chi connectivity index (χ1n) is 9.05. The Balaban J connectivity index is 2.07. The number of nitrogens with zero attached hydrogens (tertiary/aromatic N) is 1. The molecule has 0 fully saturated rings. The molecule has 1 amide bonds. The van der Waals surface area contributed by atoms with Crippen LogP contribution in [0.15, 0.2) is 53.7 Å². The SMILES string of the molecule is CCN1C(=S)N[C@H](c2ccc(F)cc2F)C(C(=O)Nc2ccccc2OC)=C1C. The largest absolute Gasteiger partial charge is 0.495 e. The van der Waals surface area contributed by atoms with Crippen molar-refractivity contribution in [1.29, 1.82) is 0 Å². The number of hydrogen-bond donors (Lipinski definition) is 2. The van der Waals surface area contributed by atoms with E-state index in [1.807, 2.05) is 6.92 Å². The zero-order valence-electron chi connectivity index (χ0n) is 16.3. The molecular weight excluding hydrogens is 396 g/mol. The molecule has 1 aliphatic heterocycles. The first-order valence-corrected chi connectivity index (χ1v) is 9.46. The van der Waals surface area contributed by atoms with Crippen LogP contribution in [-0.2, 0) is 4.79 Å². The second-order valence-electron chi connectivity index (χ2n) is 6.45. The molecule has 0 aromatic heterocycles. The van der Waals surface area contributed by atoms with Gasteiger partial charge in [-0.05, 0) is 44.3 Å². The number of benzene rings is 2. The Morgan fingerprint density at radius 3 is 2.66 bits per heavy atom. The third-order valence-corrected chi connectivity index (χ3v) is 5.12. The predicted molar refractivity (Wildman–Crippen MR) is 112 cm³/mol. The Labute approximate surface area is 173 Å². The topological polar surface area (TPSA) is 53.6 Å². The van der Waals surface area contributed by atoms with Crippen molar-refractivity contribution in [2.75, 3.05) is 19.0 Å². The Morgan fingerprint density at radius 2 is 2.00 bits per heavy atom. The lowest BCUT2D eigenvalue weighted by molar-refractivity contribution is -0.113. The van der Waals surface area contributed by atoms with E-state index in [0.717, 1.165) is 12.1 Å². The first-order chi connectivity index (χ1) is 13.9. The molecule has 152 valence electrons. The minimum Gasteiger partial charge on any atom is -0.495 e. The van der Waals surface area contributed by atoms with Gasteiger partial charge in [0.05, 0.1) is 24.4 Å². The van der Waals surface area contributed by atoms with Gasteiger partial charge in [-0.2, -0.15) is 0 Å². The summed E-state index contributed by atoms with van der Waals surface area (Å²) in [6.07, 6.45) is 0. The van der Waals surface area contributed by atoms with Gasteiger partial charge in [0.2, 0.25) is 0 Å². The molecule has 29 heavy (non-hydrogen) atoms. The van der Waals surface area contributed by atoms with Crippen molar-refractivity contribution in [3.8, 4) is 5.75 Å². The lowest BCUT2D eigenvalue weighted by Crippen LogP contribution is -2.48. The number of allylic oxidation sites excluding steroid dienone is 1. The van der Waals surface area contributed by atoms with Gasteiger partial charge in [-0.25, -0.2) is 8.78 Å². The van der Waals surface area contributed by atoms with Crippen LogP contribution in [0.5, 0.6) is 5.75 Å². The molecule has 0 aliphatic carbocycles. The zero-order valence-corrected chi connectivity index (χ0v) is 17.1. The van der Waals surface area contributed by atoms with Crippen LogP contribution in [-0.4, -0.2) is 29.6 Å². The second kappa shape index (κ2) is 8.57. The van der Waals surface area contributed by atoms with Crippen LogP contribution < -0.4 is 15.4 Å². The highest BCUT2D eigenvalue weighted by Gasteiger charge is 2.35. The third kappa shape index (κ3) is 4.07. The lowest BCUT2D eigenvalue weighted by Gasteiger charge is -2.37. The summed E-state index contributed by atoms with van der Waals surface area (Å²) in [5.41, 5.74) is 1.50. The Hall–Kier alpha value is -3.00. The maximum Gasteiger partial charge on any atom is 0.255 e. The van der Waals surface area contributed by atoms with E-state index in [4.69, 9.17) is 17.0 Å². The van der Waals surface area contributed by atoms with E-state index in [1.54, 1.807) is 36.1 Å².